The fraction of sp³-hybridized carbons (Fsp3) is 0.304. The van der Waals surface area contributed by atoms with Crippen LogP contribution in [0.15, 0.2) is 62.6 Å². The molecule has 5 rings (SSSR count). The van der Waals surface area contributed by atoms with Crippen molar-refractivity contribution in [1.29, 1.82) is 0 Å². The van der Waals surface area contributed by atoms with E-state index in [-0.39, 0.29) is 5.41 Å². The quantitative estimate of drug-likeness (QED) is 0.371. The van der Waals surface area contributed by atoms with Crippen molar-refractivity contribution in [3.8, 4) is 0 Å². The lowest BCUT2D eigenvalue weighted by molar-refractivity contribution is -0.0631. The Kier molecular flexibility index (Phi) is 4.18. The highest BCUT2D eigenvalue weighted by Gasteiger charge is 2.50. The van der Waals surface area contributed by atoms with E-state index in [1.54, 1.807) is 0 Å². The number of nitrogens with zero attached hydrogens (tertiary/aromatic N) is 2. The van der Waals surface area contributed by atoms with Crippen molar-refractivity contribution in [1.82, 2.24) is 4.98 Å². The third-order valence-corrected chi connectivity index (χ3v) is 6.74. The van der Waals surface area contributed by atoms with Gasteiger partial charge in [-0.05, 0) is 53.8 Å². The lowest BCUT2D eigenvalue weighted by Crippen LogP contribution is -2.40. The topological polar surface area (TPSA) is 34.5 Å². The van der Waals surface area contributed by atoms with Gasteiger partial charge in [-0.15, -0.1) is 0 Å². The van der Waals surface area contributed by atoms with Gasteiger partial charge in [0, 0.05) is 38.4 Å². The van der Waals surface area contributed by atoms with Crippen LogP contribution in [0.5, 0.6) is 0 Å². The predicted molar refractivity (Wildman–Crippen MR) is 120 cm³/mol. The number of fused-ring (bicyclic) bond motifs is 3. The summed E-state index contributed by atoms with van der Waals surface area (Å²) in [6.07, 6.45) is 2.65. The molecule has 1 atom stereocenters. The Labute approximate surface area is 181 Å². The van der Waals surface area contributed by atoms with E-state index < -0.39 is 5.60 Å². The SMILES string of the molecule is CC1(C)Cc2nc3ccc(Br)cc3cc2[C@@]2(CC(c3ccc(Br)cc3)=NO2)C1. The summed E-state index contributed by atoms with van der Waals surface area (Å²) in [7, 11) is 0. The van der Waals surface area contributed by atoms with Gasteiger partial charge in [0.05, 0.1) is 11.2 Å². The van der Waals surface area contributed by atoms with Gasteiger partial charge in [0.2, 0.25) is 0 Å². The molecule has 0 unspecified atom stereocenters. The van der Waals surface area contributed by atoms with Gasteiger partial charge < -0.3 is 4.84 Å². The molecule has 0 amide bonds. The van der Waals surface area contributed by atoms with Crippen LogP contribution in [-0.2, 0) is 16.9 Å². The second-order valence-electron chi connectivity index (χ2n) is 8.64. The molecule has 0 saturated carbocycles. The maximum atomic E-state index is 6.24. The van der Waals surface area contributed by atoms with E-state index >= 15 is 0 Å². The summed E-state index contributed by atoms with van der Waals surface area (Å²) in [5.74, 6) is 0. The third kappa shape index (κ3) is 3.09. The molecule has 2 aliphatic rings. The normalized spacial score (nSPS) is 22.8. The Morgan fingerprint density at radius 3 is 2.46 bits per heavy atom. The Hall–Kier alpha value is -1.72. The third-order valence-electron chi connectivity index (χ3n) is 5.72. The molecule has 0 bridgehead atoms. The van der Waals surface area contributed by atoms with Crippen molar-refractivity contribution in [3.05, 3.63) is 74.3 Å². The molecule has 142 valence electrons. The van der Waals surface area contributed by atoms with Gasteiger partial charge in [0.1, 0.15) is 0 Å². The molecule has 0 fully saturated rings. The summed E-state index contributed by atoms with van der Waals surface area (Å²) in [4.78, 5) is 11.3. The Balaban J connectivity index is 1.61. The van der Waals surface area contributed by atoms with Crippen LogP contribution in [0.4, 0.5) is 0 Å². The number of hydrogen-bond donors (Lipinski definition) is 0. The molecule has 2 aromatic carbocycles. The maximum absolute atomic E-state index is 6.24. The molecule has 1 aromatic heterocycles. The first kappa shape index (κ1) is 18.3. The van der Waals surface area contributed by atoms with Gasteiger partial charge in [0.15, 0.2) is 5.60 Å². The average Bonchev–Trinajstić information content (AvgIpc) is 3.04. The minimum absolute atomic E-state index is 0.105. The highest BCUT2D eigenvalue weighted by Crippen LogP contribution is 2.51. The summed E-state index contributed by atoms with van der Waals surface area (Å²) < 4.78 is 2.13. The van der Waals surface area contributed by atoms with E-state index in [0.717, 1.165) is 56.1 Å². The fourth-order valence-electron chi connectivity index (χ4n) is 4.61. The standard InChI is InChI=1S/C23H20Br2N2O/c1-22(2)11-21-18(10-15-9-17(25)7-8-19(15)26-21)23(13-22)12-20(27-28-23)14-3-5-16(24)6-4-14/h3-10H,11-13H2,1-2H3/t23-/m1/s1. The molecule has 0 radical (unpaired) electrons. The van der Waals surface area contributed by atoms with Crippen molar-refractivity contribution in [2.75, 3.05) is 0 Å². The van der Waals surface area contributed by atoms with E-state index in [0.29, 0.717) is 0 Å². The molecular weight excluding hydrogens is 480 g/mol. The maximum Gasteiger partial charge on any atom is 0.170 e. The summed E-state index contributed by atoms with van der Waals surface area (Å²) in [5.41, 5.74) is 5.14. The highest BCUT2D eigenvalue weighted by molar-refractivity contribution is 9.10. The van der Waals surface area contributed by atoms with E-state index in [1.165, 1.54) is 5.56 Å². The zero-order chi connectivity index (χ0) is 19.5. The second-order valence-corrected chi connectivity index (χ2v) is 10.5. The van der Waals surface area contributed by atoms with Crippen molar-refractivity contribution in [2.24, 2.45) is 10.6 Å². The van der Waals surface area contributed by atoms with E-state index in [2.05, 4.69) is 81.2 Å². The summed E-state index contributed by atoms with van der Waals surface area (Å²) >= 11 is 7.09. The van der Waals surface area contributed by atoms with E-state index in [1.807, 2.05) is 18.2 Å². The summed E-state index contributed by atoms with van der Waals surface area (Å²) in [6, 6.07) is 16.8. The second kappa shape index (κ2) is 6.39. The Morgan fingerprint density at radius 2 is 1.68 bits per heavy atom. The van der Waals surface area contributed by atoms with E-state index in [4.69, 9.17) is 9.82 Å². The smallest absolute Gasteiger partial charge is 0.170 e. The van der Waals surface area contributed by atoms with Crippen LogP contribution in [-0.4, -0.2) is 10.7 Å². The van der Waals surface area contributed by atoms with E-state index in [9.17, 15) is 0 Å². The van der Waals surface area contributed by atoms with Crippen LogP contribution in [0.2, 0.25) is 0 Å². The number of aromatic nitrogens is 1. The first-order valence-electron chi connectivity index (χ1n) is 9.44. The van der Waals surface area contributed by atoms with Crippen LogP contribution < -0.4 is 0 Å². The monoisotopic (exact) mass is 498 g/mol. The number of halogens is 2. The number of rotatable bonds is 1. The predicted octanol–water partition coefficient (Wildman–Crippen LogP) is 6.75. The van der Waals surface area contributed by atoms with Gasteiger partial charge in [-0.2, -0.15) is 0 Å². The molecular formula is C23H20Br2N2O. The average molecular weight is 500 g/mol. The fourth-order valence-corrected chi connectivity index (χ4v) is 5.26. The minimum Gasteiger partial charge on any atom is -0.384 e. The highest BCUT2D eigenvalue weighted by atomic mass is 79.9. The van der Waals surface area contributed by atoms with Crippen LogP contribution in [0.1, 0.15) is 43.5 Å². The van der Waals surface area contributed by atoms with Gasteiger partial charge in [-0.3, -0.25) is 4.98 Å². The molecule has 3 nitrogen and oxygen atoms in total. The first-order chi connectivity index (χ1) is 13.3. The number of pyridine rings is 1. The molecule has 5 heteroatoms. The lowest BCUT2D eigenvalue weighted by Gasteiger charge is -2.41. The van der Waals surface area contributed by atoms with Gasteiger partial charge in [-0.1, -0.05) is 63.0 Å². The molecule has 3 aromatic rings. The molecule has 28 heavy (non-hydrogen) atoms. The first-order valence-corrected chi connectivity index (χ1v) is 11.0. The Morgan fingerprint density at radius 1 is 0.929 bits per heavy atom. The number of hydrogen-bond acceptors (Lipinski definition) is 3. The van der Waals surface area contributed by atoms with Crippen molar-refractivity contribution < 1.29 is 4.84 Å². The van der Waals surface area contributed by atoms with Gasteiger partial charge in [-0.25, -0.2) is 0 Å². The van der Waals surface area contributed by atoms with Gasteiger partial charge in [0.25, 0.3) is 0 Å². The zero-order valence-corrected chi connectivity index (χ0v) is 19.0. The lowest BCUT2D eigenvalue weighted by atomic mass is 9.66. The van der Waals surface area contributed by atoms with Crippen LogP contribution in [0.25, 0.3) is 10.9 Å². The largest absolute Gasteiger partial charge is 0.384 e. The van der Waals surface area contributed by atoms with Crippen LogP contribution >= 0.6 is 31.9 Å². The number of benzene rings is 2. The van der Waals surface area contributed by atoms with Crippen molar-refractivity contribution in [2.45, 2.75) is 38.7 Å². The summed E-state index contributed by atoms with van der Waals surface area (Å²) in [5, 5.41) is 5.67. The molecule has 0 N–H and O–H groups in total. The van der Waals surface area contributed by atoms with Crippen molar-refractivity contribution >= 4 is 48.5 Å². The molecule has 2 heterocycles. The molecule has 0 saturated heterocycles. The molecule has 1 aliphatic carbocycles. The molecule has 1 spiro atoms. The molecule has 1 aliphatic heterocycles. The Bertz CT molecular complexity index is 1120. The van der Waals surface area contributed by atoms with Crippen molar-refractivity contribution in [3.63, 3.8) is 0 Å². The van der Waals surface area contributed by atoms with Crippen LogP contribution in [0.3, 0.4) is 0 Å². The minimum atomic E-state index is -0.441. The summed E-state index contributed by atoms with van der Waals surface area (Å²) in [6.45, 7) is 4.60. The zero-order valence-electron chi connectivity index (χ0n) is 15.8. The number of oxime groups is 1. The van der Waals surface area contributed by atoms with Crippen LogP contribution in [0, 0.1) is 5.41 Å². The van der Waals surface area contributed by atoms with Gasteiger partial charge >= 0.3 is 0 Å².